The van der Waals surface area contributed by atoms with E-state index in [2.05, 4.69) is 11.0 Å². The molecule has 0 atom stereocenters. The van der Waals surface area contributed by atoms with Gasteiger partial charge in [-0.15, -0.1) is 0 Å². The molecule has 7 heteroatoms. The molecular weight excluding hydrogens is 316 g/mol. The van der Waals surface area contributed by atoms with E-state index in [1.54, 1.807) is 0 Å². The Balaban J connectivity index is 2.42. The largest absolute Gasteiger partial charge is 0.399 e. The maximum Gasteiger partial charge on any atom is 0.242 e. The van der Waals surface area contributed by atoms with Crippen LogP contribution in [-0.2, 0) is 10.0 Å². The highest BCUT2D eigenvalue weighted by molar-refractivity contribution is 7.98. The SMILES string of the molecule is CSCCCCCCNS(=O)(=O)c1ccc(N)cc1Cl. The van der Waals surface area contributed by atoms with E-state index in [0.717, 1.165) is 25.0 Å². The van der Waals surface area contributed by atoms with Crippen LogP contribution in [-0.4, -0.2) is 27.0 Å². The third-order valence-electron chi connectivity index (χ3n) is 2.81. The Morgan fingerprint density at radius 3 is 2.60 bits per heavy atom. The molecule has 0 fully saturated rings. The van der Waals surface area contributed by atoms with Gasteiger partial charge < -0.3 is 5.73 Å². The average molecular weight is 337 g/mol. The maximum absolute atomic E-state index is 12.1. The predicted molar refractivity (Wildman–Crippen MR) is 87.9 cm³/mol. The van der Waals surface area contributed by atoms with Crippen LogP contribution in [0.1, 0.15) is 25.7 Å². The highest BCUT2D eigenvalue weighted by atomic mass is 35.5. The number of nitrogen functional groups attached to an aromatic ring is 1. The third-order valence-corrected chi connectivity index (χ3v) is 5.45. The van der Waals surface area contributed by atoms with Crippen molar-refractivity contribution in [3.63, 3.8) is 0 Å². The summed E-state index contributed by atoms with van der Waals surface area (Å²) < 4.78 is 26.7. The number of sulfonamides is 1. The van der Waals surface area contributed by atoms with Crippen LogP contribution < -0.4 is 10.5 Å². The maximum atomic E-state index is 12.1. The highest BCUT2D eigenvalue weighted by Gasteiger charge is 2.17. The molecule has 0 aliphatic rings. The normalized spacial score (nSPS) is 11.7. The number of nitrogens with one attached hydrogen (secondary N) is 1. The fourth-order valence-electron chi connectivity index (χ4n) is 1.74. The molecule has 0 bridgehead atoms. The van der Waals surface area contributed by atoms with Gasteiger partial charge in [0.25, 0.3) is 0 Å². The molecule has 1 rings (SSSR count). The van der Waals surface area contributed by atoms with Crippen molar-refractivity contribution in [2.24, 2.45) is 0 Å². The third kappa shape index (κ3) is 5.91. The summed E-state index contributed by atoms with van der Waals surface area (Å²) in [5.74, 6) is 1.16. The Morgan fingerprint density at radius 2 is 1.95 bits per heavy atom. The van der Waals surface area contributed by atoms with E-state index >= 15 is 0 Å². The van der Waals surface area contributed by atoms with Crippen LogP contribution in [0.2, 0.25) is 5.02 Å². The standard InChI is InChI=1S/C13H21ClN2O2S2/c1-19-9-5-3-2-4-8-16-20(17,18)13-7-6-11(15)10-12(13)14/h6-7,10,16H,2-5,8-9,15H2,1H3. The van der Waals surface area contributed by atoms with Crippen molar-refractivity contribution in [1.82, 2.24) is 4.72 Å². The molecule has 0 heterocycles. The van der Waals surface area contributed by atoms with Gasteiger partial charge in [-0.25, -0.2) is 13.1 Å². The van der Waals surface area contributed by atoms with Gasteiger partial charge >= 0.3 is 0 Å². The predicted octanol–water partition coefficient (Wildman–Crippen LogP) is 3.12. The molecule has 0 radical (unpaired) electrons. The smallest absolute Gasteiger partial charge is 0.242 e. The fourth-order valence-corrected chi connectivity index (χ4v) is 3.86. The topological polar surface area (TPSA) is 72.2 Å². The first-order chi connectivity index (χ1) is 9.47. The van der Waals surface area contributed by atoms with Crippen LogP contribution in [0, 0.1) is 0 Å². The molecule has 0 amide bonds. The summed E-state index contributed by atoms with van der Waals surface area (Å²) in [7, 11) is -3.55. The van der Waals surface area contributed by atoms with Crippen LogP contribution in [0.3, 0.4) is 0 Å². The van der Waals surface area contributed by atoms with Gasteiger partial charge in [0.15, 0.2) is 0 Å². The van der Waals surface area contributed by atoms with Crippen LogP contribution in [0.25, 0.3) is 0 Å². The first-order valence-corrected chi connectivity index (χ1v) is 9.76. The lowest BCUT2D eigenvalue weighted by Gasteiger charge is -2.08. The molecule has 1 aromatic carbocycles. The lowest BCUT2D eigenvalue weighted by atomic mass is 10.2. The summed E-state index contributed by atoms with van der Waals surface area (Å²) in [6.45, 7) is 0.433. The second kappa shape index (κ2) is 8.77. The van der Waals surface area contributed by atoms with E-state index in [4.69, 9.17) is 17.3 Å². The van der Waals surface area contributed by atoms with Gasteiger partial charge in [-0.05, 0) is 43.0 Å². The summed E-state index contributed by atoms with van der Waals surface area (Å²) in [5.41, 5.74) is 6.00. The summed E-state index contributed by atoms with van der Waals surface area (Å²) >= 11 is 7.74. The first kappa shape index (κ1) is 17.6. The number of hydrogen-bond donors (Lipinski definition) is 2. The number of thioether (sulfide) groups is 1. The monoisotopic (exact) mass is 336 g/mol. The van der Waals surface area contributed by atoms with Gasteiger partial charge in [0.05, 0.1) is 5.02 Å². The zero-order valence-corrected chi connectivity index (χ0v) is 14.0. The number of unbranched alkanes of at least 4 members (excludes halogenated alkanes) is 3. The fraction of sp³-hybridized carbons (Fsp3) is 0.538. The number of hydrogen-bond acceptors (Lipinski definition) is 4. The van der Waals surface area contributed by atoms with E-state index in [9.17, 15) is 8.42 Å². The van der Waals surface area contributed by atoms with Crippen molar-refractivity contribution in [3.8, 4) is 0 Å². The molecule has 4 nitrogen and oxygen atoms in total. The Hall–Kier alpha value is -0.430. The molecule has 0 unspecified atom stereocenters. The van der Waals surface area contributed by atoms with Gasteiger partial charge in [-0.3, -0.25) is 0 Å². The van der Waals surface area contributed by atoms with Crippen LogP contribution >= 0.6 is 23.4 Å². The van der Waals surface area contributed by atoms with Crippen molar-refractivity contribution in [2.75, 3.05) is 24.3 Å². The van der Waals surface area contributed by atoms with Crippen molar-refractivity contribution >= 4 is 39.1 Å². The molecule has 0 aliphatic carbocycles. The molecule has 0 aromatic heterocycles. The summed E-state index contributed by atoms with van der Waals surface area (Å²) in [4.78, 5) is 0.0794. The minimum atomic E-state index is -3.55. The quantitative estimate of drug-likeness (QED) is 0.537. The molecule has 1 aromatic rings. The van der Waals surface area contributed by atoms with E-state index in [0.29, 0.717) is 12.2 Å². The summed E-state index contributed by atoms with van der Waals surface area (Å²) in [6.07, 6.45) is 6.26. The minimum absolute atomic E-state index is 0.0794. The zero-order valence-electron chi connectivity index (χ0n) is 11.6. The second-order valence-electron chi connectivity index (χ2n) is 4.49. The average Bonchev–Trinajstić information content (AvgIpc) is 2.37. The molecule has 114 valence electrons. The van der Waals surface area contributed by atoms with Crippen molar-refractivity contribution < 1.29 is 8.42 Å². The van der Waals surface area contributed by atoms with Gasteiger partial charge in [-0.2, -0.15) is 11.8 Å². The van der Waals surface area contributed by atoms with Crippen LogP contribution in [0.15, 0.2) is 23.1 Å². The minimum Gasteiger partial charge on any atom is -0.399 e. The van der Waals surface area contributed by atoms with Crippen LogP contribution in [0.4, 0.5) is 5.69 Å². The summed E-state index contributed by atoms with van der Waals surface area (Å²) in [5, 5.41) is 0.150. The Bertz CT molecular complexity index is 521. The van der Waals surface area contributed by atoms with E-state index in [1.165, 1.54) is 24.6 Å². The number of nitrogens with two attached hydrogens (primary N) is 1. The molecular formula is C13H21ClN2O2S2. The van der Waals surface area contributed by atoms with E-state index in [-0.39, 0.29) is 9.92 Å². The van der Waals surface area contributed by atoms with Crippen molar-refractivity contribution in [1.29, 1.82) is 0 Å². The van der Waals surface area contributed by atoms with Gasteiger partial charge in [0.2, 0.25) is 10.0 Å². The Morgan fingerprint density at radius 1 is 1.25 bits per heavy atom. The zero-order chi connectivity index (χ0) is 15.0. The summed E-state index contributed by atoms with van der Waals surface area (Å²) in [6, 6.07) is 4.40. The van der Waals surface area contributed by atoms with Gasteiger partial charge in [0.1, 0.15) is 4.90 Å². The van der Waals surface area contributed by atoms with Crippen molar-refractivity contribution in [2.45, 2.75) is 30.6 Å². The molecule has 0 saturated carbocycles. The second-order valence-corrected chi connectivity index (χ2v) is 7.62. The Kier molecular flexibility index (Phi) is 7.72. The van der Waals surface area contributed by atoms with Crippen molar-refractivity contribution in [3.05, 3.63) is 23.2 Å². The first-order valence-electron chi connectivity index (χ1n) is 6.51. The Labute approximate surface area is 130 Å². The molecule has 3 N–H and O–H groups in total. The van der Waals surface area contributed by atoms with Gasteiger partial charge in [-0.1, -0.05) is 24.4 Å². The molecule has 0 spiro atoms. The number of benzene rings is 1. The lowest BCUT2D eigenvalue weighted by molar-refractivity contribution is 0.574. The van der Waals surface area contributed by atoms with Crippen LogP contribution in [0.5, 0.6) is 0 Å². The molecule has 0 saturated heterocycles. The lowest BCUT2D eigenvalue weighted by Crippen LogP contribution is -2.25. The van der Waals surface area contributed by atoms with E-state index in [1.807, 2.05) is 11.8 Å². The highest BCUT2D eigenvalue weighted by Crippen LogP contribution is 2.23. The number of anilines is 1. The van der Waals surface area contributed by atoms with Gasteiger partial charge in [0, 0.05) is 12.2 Å². The molecule has 20 heavy (non-hydrogen) atoms. The number of halogens is 1. The number of rotatable bonds is 9. The van der Waals surface area contributed by atoms with E-state index < -0.39 is 10.0 Å². The molecule has 0 aliphatic heterocycles.